The third kappa shape index (κ3) is 4.98. The van der Waals surface area contributed by atoms with E-state index in [1.165, 1.54) is 4.31 Å². The van der Waals surface area contributed by atoms with Gasteiger partial charge in [-0.1, -0.05) is 12.1 Å². The Morgan fingerprint density at radius 1 is 1.17 bits per heavy atom. The molecule has 0 bridgehead atoms. The fourth-order valence-corrected chi connectivity index (χ4v) is 4.36. The van der Waals surface area contributed by atoms with E-state index in [-0.39, 0.29) is 5.69 Å². The van der Waals surface area contributed by atoms with Gasteiger partial charge in [-0.25, -0.2) is 13.2 Å². The number of carbonyl (C=O) groups is 1. The minimum Gasteiger partial charge on any atom is -0.477 e. The van der Waals surface area contributed by atoms with Crippen molar-refractivity contribution >= 4 is 26.9 Å². The fraction of sp³-hybridized carbons (Fsp3) is 0.263. The van der Waals surface area contributed by atoms with Crippen molar-refractivity contribution in [1.29, 1.82) is 0 Å². The summed E-state index contributed by atoms with van der Waals surface area (Å²) in [4.78, 5) is 17.5. The molecule has 1 aliphatic heterocycles. The SMILES string of the molecule is NCc1ccc(S(=O)(=O)N2CCNCC2)cc1.O=C(O)c1cc2cnccc2[nH]1. The van der Waals surface area contributed by atoms with Gasteiger partial charge >= 0.3 is 5.97 Å². The van der Waals surface area contributed by atoms with E-state index in [4.69, 9.17) is 10.8 Å². The van der Waals surface area contributed by atoms with Gasteiger partial charge in [-0.2, -0.15) is 4.31 Å². The average molecular weight is 417 g/mol. The number of piperazine rings is 1. The molecule has 0 saturated carbocycles. The number of pyridine rings is 1. The van der Waals surface area contributed by atoms with E-state index < -0.39 is 16.0 Å². The zero-order valence-electron chi connectivity index (χ0n) is 15.7. The number of fused-ring (bicyclic) bond motifs is 1. The molecule has 10 heteroatoms. The van der Waals surface area contributed by atoms with Crippen molar-refractivity contribution in [3.63, 3.8) is 0 Å². The van der Waals surface area contributed by atoms with Crippen molar-refractivity contribution in [2.24, 2.45) is 5.73 Å². The minimum absolute atomic E-state index is 0.193. The van der Waals surface area contributed by atoms with Gasteiger partial charge in [0.2, 0.25) is 10.0 Å². The van der Waals surface area contributed by atoms with Crippen LogP contribution >= 0.6 is 0 Å². The van der Waals surface area contributed by atoms with Gasteiger partial charge in [-0.3, -0.25) is 4.98 Å². The lowest BCUT2D eigenvalue weighted by molar-refractivity contribution is 0.0691. The number of nitrogens with zero attached hydrogens (tertiary/aromatic N) is 2. The zero-order valence-corrected chi connectivity index (χ0v) is 16.5. The second kappa shape index (κ2) is 9.14. The van der Waals surface area contributed by atoms with Crippen molar-refractivity contribution < 1.29 is 18.3 Å². The third-order valence-corrected chi connectivity index (χ3v) is 6.44. The molecule has 5 N–H and O–H groups in total. The minimum atomic E-state index is -3.33. The molecule has 0 radical (unpaired) electrons. The highest BCUT2D eigenvalue weighted by Gasteiger charge is 2.25. The standard InChI is InChI=1S/C11H17N3O2S.C8H6N2O2/c12-9-10-1-3-11(4-2-10)17(15,16)14-7-5-13-6-8-14;11-8(12)7-3-5-4-9-2-1-6(5)10-7/h1-4,13H,5-9,12H2;1-4,10H,(H,11,12). The molecule has 0 aliphatic carbocycles. The van der Waals surface area contributed by atoms with E-state index in [0.717, 1.165) is 16.5 Å². The topological polar surface area (TPSA) is 141 Å². The number of aromatic amines is 1. The van der Waals surface area contributed by atoms with Crippen LogP contribution < -0.4 is 11.1 Å². The largest absolute Gasteiger partial charge is 0.477 e. The molecule has 0 spiro atoms. The van der Waals surface area contributed by atoms with Crippen molar-refractivity contribution in [2.45, 2.75) is 11.4 Å². The maximum atomic E-state index is 12.3. The predicted octanol–water partition coefficient (Wildman–Crippen LogP) is 1.00. The monoisotopic (exact) mass is 417 g/mol. The molecular weight excluding hydrogens is 394 g/mol. The molecule has 1 aromatic carbocycles. The first-order valence-corrected chi connectivity index (χ1v) is 10.5. The number of carboxylic acids is 1. The van der Waals surface area contributed by atoms with Gasteiger partial charge in [0, 0.05) is 56.0 Å². The number of aromatic carboxylic acids is 1. The first-order chi connectivity index (χ1) is 13.9. The van der Waals surface area contributed by atoms with Crippen molar-refractivity contribution in [1.82, 2.24) is 19.6 Å². The van der Waals surface area contributed by atoms with Gasteiger partial charge in [-0.05, 0) is 29.8 Å². The van der Waals surface area contributed by atoms with Crippen LogP contribution in [0.15, 0.2) is 53.7 Å². The molecule has 1 saturated heterocycles. The van der Waals surface area contributed by atoms with Crippen LogP contribution in [0.2, 0.25) is 0 Å². The maximum Gasteiger partial charge on any atom is 0.352 e. The first-order valence-electron chi connectivity index (χ1n) is 9.07. The Bertz CT molecular complexity index is 1040. The molecule has 2 aromatic heterocycles. The molecule has 29 heavy (non-hydrogen) atoms. The number of carboxylic acid groups (broad SMARTS) is 1. The molecule has 1 aliphatic rings. The quantitative estimate of drug-likeness (QED) is 0.496. The second-order valence-corrected chi connectivity index (χ2v) is 8.39. The van der Waals surface area contributed by atoms with Crippen LogP contribution in [0.5, 0.6) is 0 Å². The van der Waals surface area contributed by atoms with Crippen molar-refractivity contribution in [3.8, 4) is 0 Å². The van der Waals surface area contributed by atoms with E-state index >= 15 is 0 Å². The van der Waals surface area contributed by atoms with Crippen LogP contribution in [-0.4, -0.2) is 59.9 Å². The lowest BCUT2D eigenvalue weighted by Gasteiger charge is -2.26. The summed E-state index contributed by atoms with van der Waals surface area (Å²) in [6.45, 7) is 2.90. The molecule has 3 heterocycles. The average Bonchev–Trinajstić information content (AvgIpc) is 3.20. The Morgan fingerprint density at radius 3 is 2.45 bits per heavy atom. The summed E-state index contributed by atoms with van der Waals surface area (Å²) in [5, 5.41) is 12.6. The lowest BCUT2D eigenvalue weighted by atomic mass is 10.2. The summed E-state index contributed by atoms with van der Waals surface area (Å²) in [6.07, 6.45) is 3.24. The van der Waals surface area contributed by atoms with Gasteiger partial charge in [0.05, 0.1) is 4.90 Å². The van der Waals surface area contributed by atoms with Crippen molar-refractivity contribution in [2.75, 3.05) is 26.2 Å². The highest BCUT2D eigenvalue weighted by molar-refractivity contribution is 7.89. The summed E-state index contributed by atoms with van der Waals surface area (Å²) in [5.41, 5.74) is 7.40. The summed E-state index contributed by atoms with van der Waals surface area (Å²) < 4.78 is 26.0. The number of rotatable bonds is 4. The summed E-state index contributed by atoms with van der Waals surface area (Å²) in [6, 6.07) is 10.1. The molecule has 4 rings (SSSR count). The Labute approximate surface area is 168 Å². The van der Waals surface area contributed by atoms with E-state index in [0.29, 0.717) is 37.6 Å². The highest BCUT2D eigenvalue weighted by Crippen LogP contribution is 2.16. The van der Waals surface area contributed by atoms with Crippen LogP contribution in [0, 0.1) is 0 Å². The highest BCUT2D eigenvalue weighted by atomic mass is 32.2. The van der Waals surface area contributed by atoms with Gasteiger partial charge in [0.25, 0.3) is 0 Å². The Kier molecular flexibility index (Phi) is 6.60. The Hall–Kier alpha value is -2.79. The van der Waals surface area contributed by atoms with E-state index in [1.54, 1.807) is 48.8 Å². The fourth-order valence-electron chi connectivity index (χ4n) is 2.92. The maximum absolute atomic E-state index is 12.3. The van der Waals surface area contributed by atoms with Crippen molar-refractivity contribution in [3.05, 3.63) is 60.0 Å². The van der Waals surface area contributed by atoms with E-state index in [9.17, 15) is 13.2 Å². The second-order valence-electron chi connectivity index (χ2n) is 6.45. The molecule has 3 aromatic rings. The van der Waals surface area contributed by atoms with Gasteiger partial charge in [0.15, 0.2) is 0 Å². The van der Waals surface area contributed by atoms with Crippen LogP contribution in [0.3, 0.4) is 0 Å². The third-order valence-electron chi connectivity index (χ3n) is 4.52. The van der Waals surface area contributed by atoms with Gasteiger partial charge < -0.3 is 21.1 Å². The van der Waals surface area contributed by atoms with Crippen LogP contribution in [0.1, 0.15) is 16.1 Å². The lowest BCUT2D eigenvalue weighted by Crippen LogP contribution is -2.46. The Morgan fingerprint density at radius 2 is 1.86 bits per heavy atom. The summed E-state index contributed by atoms with van der Waals surface area (Å²) >= 11 is 0. The molecule has 0 unspecified atom stereocenters. The smallest absolute Gasteiger partial charge is 0.352 e. The van der Waals surface area contributed by atoms with Crippen LogP contribution in [0.25, 0.3) is 10.9 Å². The first kappa shape index (κ1) is 20.9. The van der Waals surface area contributed by atoms with Gasteiger partial charge in [-0.15, -0.1) is 0 Å². The Balaban J connectivity index is 0.000000176. The number of sulfonamides is 1. The number of hydrogen-bond acceptors (Lipinski definition) is 6. The summed E-state index contributed by atoms with van der Waals surface area (Å²) in [5.74, 6) is -0.953. The number of H-pyrrole nitrogens is 1. The number of nitrogens with one attached hydrogen (secondary N) is 2. The van der Waals surface area contributed by atoms with Gasteiger partial charge in [0.1, 0.15) is 5.69 Å². The number of hydrogen-bond donors (Lipinski definition) is 4. The van der Waals surface area contributed by atoms with E-state index in [2.05, 4.69) is 15.3 Å². The molecular formula is C19H23N5O4S. The zero-order chi connectivity index (χ0) is 20.9. The predicted molar refractivity (Wildman–Crippen MR) is 109 cm³/mol. The molecule has 0 amide bonds. The number of nitrogens with two attached hydrogens (primary N) is 1. The number of aromatic nitrogens is 2. The molecule has 1 fully saturated rings. The van der Waals surface area contributed by atoms with E-state index in [1.807, 2.05) is 0 Å². The molecule has 0 atom stereocenters. The number of benzene rings is 1. The van der Waals surface area contributed by atoms with Crippen LogP contribution in [-0.2, 0) is 16.6 Å². The normalized spacial score (nSPS) is 14.9. The van der Waals surface area contributed by atoms with Crippen LogP contribution in [0.4, 0.5) is 0 Å². The summed E-state index contributed by atoms with van der Waals surface area (Å²) in [7, 11) is -3.33. The molecule has 9 nitrogen and oxygen atoms in total. The molecule has 154 valence electrons.